The average molecular weight is 266 g/mol. The summed E-state index contributed by atoms with van der Waals surface area (Å²) >= 11 is 5.86. The molecule has 0 aromatic heterocycles. The summed E-state index contributed by atoms with van der Waals surface area (Å²) in [4.78, 5) is 0. The van der Waals surface area contributed by atoms with Gasteiger partial charge in [-0.05, 0) is 42.8 Å². The monoisotopic (exact) mass is 265 g/mol. The summed E-state index contributed by atoms with van der Waals surface area (Å²) in [6, 6.07) is 9.38. The first kappa shape index (κ1) is 12.7. The number of nitrogens with one attached hydrogen (secondary N) is 1. The van der Waals surface area contributed by atoms with Crippen LogP contribution in [-0.2, 0) is 6.54 Å². The molecule has 0 aliphatic rings. The Morgan fingerprint density at radius 2 is 2.00 bits per heavy atom. The van der Waals surface area contributed by atoms with E-state index in [-0.39, 0.29) is 11.6 Å². The number of anilines is 1. The van der Waals surface area contributed by atoms with Crippen LogP contribution in [0.25, 0.3) is 0 Å². The van der Waals surface area contributed by atoms with Crippen LogP contribution in [0.3, 0.4) is 0 Å². The van der Waals surface area contributed by atoms with Crippen LogP contribution in [0, 0.1) is 12.7 Å². The lowest BCUT2D eigenvalue weighted by molar-refractivity contribution is 0.469. The first-order chi connectivity index (χ1) is 8.56. The van der Waals surface area contributed by atoms with Crippen molar-refractivity contribution in [2.24, 2.45) is 0 Å². The highest BCUT2D eigenvalue weighted by Gasteiger charge is 2.04. The van der Waals surface area contributed by atoms with Gasteiger partial charge in [-0.15, -0.1) is 0 Å². The zero-order valence-corrected chi connectivity index (χ0v) is 10.6. The van der Waals surface area contributed by atoms with Crippen LogP contribution < -0.4 is 5.32 Å². The van der Waals surface area contributed by atoms with Crippen molar-refractivity contribution in [3.63, 3.8) is 0 Å². The lowest BCUT2D eigenvalue weighted by Crippen LogP contribution is -2.01. The number of phenolic OH excluding ortho intramolecular Hbond substituents is 1. The van der Waals surface area contributed by atoms with Gasteiger partial charge in [-0.3, -0.25) is 0 Å². The summed E-state index contributed by atoms with van der Waals surface area (Å²) in [6.45, 7) is 2.27. The third-order valence-electron chi connectivity index (χ3n) is 2.71. The lowest BCUT2D eigenvalue weighted by Gasteiger charge is -2.11. The molecule has 0 spiro atoms. The second-order valence-electron chi connectivity index (χ2n) is 4.09. The smallest absolute Gasteiger partial charge is 0.125 e. The van der Waals surface area contributed by atoms with E-state index in [1.807, 2.05) is 6.92 Å². The predicted octanol–water partition coefficient (Wildman–Crippen LogP) is 4.11. The Bertz CT molecular complexity index is 520. The normalized spacial score (nSPS) is 10.4. The van der Waals surface area contributed by atoms with Gasteiger partial charge < -0.3 is 10.4 Å². The molecular weight excluding hydrogens is 253 g/mol. The van der Waals surface area contributed by atoms with Gasteiger partial charge >= 0.3 is 0 Å². The van der Waals surface area contributed by atoms with Crippen molar-refractivity contribution in [3.05, 3.63) is 58.4 Å². The first-order valence-corrected chi connectivity index (χ1v) is 5.91. The fourth-order valence-electron chi connectivity index (χ4n) is 1.67. The molecule has 2 aromatic rings. The van der Waals surface area contributed by atoms with Crippen molar-refractivity contribution in [1.82, 2.24) is 0 Å². The molecule has 0 atom stereocenters. The Labute approximate surface area is 110 Å². The molecule has 0 saturated heterocycles. The van der Waals surface area contributed by atoms with Gasteiger partial charge in [0.15, 0.2) is 0 Å². The van der Waals surface area contributed by atoms with Crippen LogP contribution in [0.5, 0.6) is 5.75 Å². The number of hydrogen-bond donors (Lipinski definition) is 2. The predicted molar refractivity (Wildman–Crippen MR) is 71.6 cm³/mol. The molecule has 0 bridgehead atoms. The molecule has 0 heterocycles. The van der Waals surface area contributed by atoms with Gasteiger partial charge in [-0.2, -0.15) is 0 Å². The van der Waals surface area contributed by atoms with E-state index >= 15 is 0 Å². The van der Waals surface area contributed by atoms with Gasteiger partial charge in [0.05, 0.1) is 0 Å². The maximum absolute atomic E-state index is 13.1. The van der Waals surface area contributed by atoms with Crippen LogP contribution >= 0.6 is 11.6 Å². The summed E-state index contributed by atoms with van der Waals surface area (Å²) in [7, 11) is 0. The molecule has 2 N–H and O–H groups in total. The zero-order chi connectivity index (χ0) is 13.1. The number of aromatic hydroxyl groups is 1. The van der Waals surface area contributed by atoms with Gasteiger partial charge in [-0.25, -0.2) is 4.39 Å². The third kappa shape index (κ3) is 2.93. The van der Waals surface area contributed by atoms with Crippen LogP contribution in [0.2, 0.25) is 5.02 Å². The zero-order valence-electron chi connectivity index (χ0n) is 9.87. The van der Waals surface area contributed by atoms with Gasteiger partial charge in [0.1, 0.15) is 11.6 Å². The van der Waals surface area contributed by atoms with Gasteiger partial charge in [0.25, 0.3) is 0 Å². The van der Waals surface area contributed by atoms with Crippen molar-refractivity contribution < 1.29 is 9.50 Å². The summed E-state index contributed by atoms with van der Waals surface area (Å²) in [5, 5.41) is 13.3. The Hall–Kier alpha value is -1.74. The number of rotatable bonds is 3. The minimum Gasteiger partial charge on any atom is -0.508 e. The molecule has 0 fully saturated rings. The summed E-state index contributed by atoms with van der Waals surface area (Å²) in [5.74, 6) is -0.126. The highest BCUT2D eigenvalue weighted by atomic mass is 35.5. The van der Waals surface area contributed by atoms with Crippen LogP contribution in [0.1, 0.15) is 11.1 Å². The third-order valence-corrected chi connectivity index (χ3v) is 2.95. The number of aryl methyl sites for hydroxylation is 1. The van der Waals surface area contributed by atoms with Crippen molar-refractivity contribution in [2.45, 2.75) is 13.5 Å². The Balaban J connectivity index is 2.16. The highest BCUT2D eigenvalue weighted by Crippen LogP contribution is 2.23. The fourth-order valence-corrected chi connectivity index (χ4v) is 1.87. The van der Waals surface area contributed by atoms with E-state index in [1.54, 1.807) is 18.2 Å². The average Bonchev–Trinajstić information content (AvgIpc) is 2.34. The van der Waals surface area contributed by atoms with Gasteiger partial charge in [0, 0.05) is 22.8 Å². The molecule has 4 heteroatoms. The van der Waals surface area contributed by atoms with Crippen LogP contribution in [-0.4, -0.2) is 5.11 Å². The number of benzene rings is 2. The SMILES string of the molecule is Cc1ccc(F)cc1NCc1cc(Cl)ccc1O. The molecular formula is C14H13ClFNO. The van der Waals surface area contributed by atoms with E-state index in [4.69, 9.17) is 11.6 Å². The molecule has 0 aliphatic carbocycles. The molecule has 18 heavy (non-hydrogen) atoms. The maximum Gasteiger partial charge on any atom is 0.125 e. The Morgan fingerprint density at radius 1 is 1.22 bits per heavy atom. The minimum atomic E-state index is -0.293. The maximum atomic E-state index is 13.1. The molecule has 0 amide bonds. The van der Waals surface area contributed by atoms with E-state index in [1.165, 1.54) is 18.2 Å². The summed E-state index contributed by atoms with van der Waals surface area (Å²) in [5.41, 5.74) is 2.32. The molecule has 2 nitrogen and oxygen atoms in total. The molecule has 94 valence electrons. The molecule has 2 rings (SSSR count). The summed E-state index contributed by atoms with van der Waals surface area (Å²) in [6.07, 6.45) is 0. The number of phenols is 1. The lowest BCUT2D eigenvalue weighted by atomic mass is 10.1. The number of hydrogen-bond acceptors (Lipinski definition) is 2. The standard InChI is InChI=1S/C14H13ClFNO/c1-9-2-4-12(16)7-13(9)17-8-10-6-11(15)3-5-14(10)18/h2-7,17-18H,8H2,1H3. The van der Waals surface area contributed by atoms with Crippen LogP contribution in [0.15, 0.2) is 36.4 Å². The topological polar surface area (TPSA) is 32.3 Å². The van der Waals surface area contributed by atoms with Crippen molar-refractivity contribution in [3.8, 4) is 5.75 Å². The number of halogens is 2. The molecule has 0 aliphatic heterocycles. The minimum absolute atomic E-state index is 0.168. The summed E-state index contributed by atoms with van der Waals surface area (Å²) < 4.78 is 13.1. The van der Waals surface area contributed by atoms with Crippen molar-refractivity contribution in [2.75, 3.05) is 5.32 Å². The van der Waals surface area contributed by atoms with E-state index < -0.39 is 0 Å². The van der Waals surface area contributed by atoms with E-state index in [0.717, 1.165) is 5.56 Å². The molecule has 2 aromatic carbocycles. The van der Waals surface area contributed by atoms with Gasteiger partial charge in [0.2, 0.25) is 0 Å². The van der Waals surface area contributed by atoms with Crippen molar-refractivity contribution in [1.29, 1.82) is 0 Å². The van der Waals surface area contributed by atoms with E-state index in [0.29, 0.717) is 22.8 Å². The molecule has 0 radical (unpaired) electrons. The highest BCUT2D eigenvalue weighted by molar-refractivity contribution is 6.30. The Kier molecular flexibility index (Phi) is 3.72. The first-order valence-electron chi connectivity index (χ1n) is 5.53. The fraction of sp³-hybridized carbons (Fsp3) is 0.143. The van der Waals surface area contributed by atoms with Crippen molar-refractivity contribution >= 4 is 17.3 Å². The second kappa shape index (κ2) is 5.27. The largest absolute Gasteiger partial charge is 0.508 e. The Morgan fingerprint density at radius 3 is 2.78 bits per heavy atom. The van der Waals surface area contributed by atoms with Crippen LogP contribution in [0.4, 0.5) is 10.1 Å². The molecule has 0 saturated carbocycles. The van der Waals surface area contributed by atoms with E-state index in [2.05, 4.69) is 5.32 Å². The van der Waals surface area contributed by atoms with E-state index in [9.17, 15) is 9.50 Å². The van der Waals surface area contributed by atoms with Gasteiger partial charge in [-0.1, -0.05) is 17.7 Å². The quantitative estimate of drug-likeness (QED) is 0.875. The second-order valence-corrected chi connectivity index (χ2v) is 4.52. The molecule has 0 unspecified atom stereocenters.